The van der Waals surface area contributed by atoms with Crippen LogP contribution in [0, 0.1) is 0 Å². The van der Waals surface area contributed by atoms with Gasteiger partial charge in [0.2, 0.25) is 5.91 Å². The molecule has 0 aliphatic carbocycles. The quantitative estimate of drug-likeness (QED) is 0.598. The third kappa shape index (κ3) is 5.63. The summed E-state index contributed by atoms with van der Waals surface area (Å²) in [5.41, 5.74) is 1.56. The first-order chi connectivity index (χ1) is 12.4. The average Bonchev–Trinajstić information content (AvgIpc) is 2.62. The third-order valence-electron chi connectivity index (χ3n) is 3.45. The molecule has 0 aliphatic rings. The van der Waals surface area contributed by atoms with Crippen LogP contribution in [0.1, 0.15) is 24.2 Å². The molecule has 6 nitrogen and oxygen atoms in total. The maximum Gasteiger partial charge on any atom is 0.338 e. The molecule has 2 N–H and O–H groups in total. The second kappa shape index (κ2) is 9.05. The number of rotatable bonds is 6. The van der Waals surface area contributed by atoms with Gasteiger partial charge in [0.15, 0.2) is 6.10 Å². The van der Waals surface area contributed by atoms with E-state index in [4.69, 9.17) is 4.74 Å². The molecule has 0 heterocycles. The van der Waals surface area contributed by atoms with Crippen LogP contribution in [0.3, 0.4) is 0 Å². The summed E-state index contributed by atoms with van der Waals surface area (Å²) in [7, 11) is 0. The van der Waals surface area contributed by atoms with Crippen LogP contribution in [0.5, 0.6) is 0 Å². The third-order valence-corrected chi connectivity index (χ3v) is 4.20. The van der Waals surface area contributed by atoms with E-state index in [1.54, 1.807) is 48.2 Å². The highest BCUT2D eigenvalue weighted by Gasteiger charge is 2.19. The Morgan fingerprint density at radius 3 is 1.96 bits per heavy atom. The molecular formula is C19H20N2O4S. The Balaban J connectivity index is 1.91. The van der Waals surface area contributed by atoms with Crippen molar-refractivity contribution >= 4 is 40.9 Å². The van der Waals surface area contributed by atoms with E-state index in [9.17, 15) is 14.4 Å². The van der Waals surface area contributed by atoms with Crippen molar-refractivity contribution in [3.05, 3.63) is 54.1 Å². The molecule has 0 aliphatic heterocycles. The van der Waals surface area contributed by atoms with Crippen LogP contribution < -0.4 is 10.6 Å². The molecule has 0 saturated heterocycles. The van der Waals surface area contributed by atoms with E-state index in [-0.39, 0.29) is 5.91 Å². The zero-order valence-corrected chi connectivity index (χ0v) is 15.6. The number of anilines is 2. The minimum absolute atomic E-state index is 0.173. The first kappa shape index (κ1) is 19.5. The molecule has 2 aromatic carbocycles. The SMILES string of the molecule is CSc1ccc(C(=O)O[C@H](C)C(=O)Nc2ccc(NC(C)=O)cc2)cc1. The molecule has 0 bridgehead atoms. The molecule has 0 spiro atoms. The first-order valence-electron chi connectivity index (χ1n) is 7.92. The van der Waals surface area contributed by atoms with Crippen molar-refractivity contribution < 1.29 is 19.1 Å². The second-order valence-corrected chi connectivity index (χ2v) is 6.40. The van der Waals surface area contributed by atoms with Crippen molar-refractivity contribution in [2.45, 2.75) is 24.8 Å². The molecule has 26 heavy (non-hydrogen) atoms. The highest BCUT2D eigenvalue weighted by Crippen LogP contribution is 2.17. The maximum atomic E-state index is 12.2. The molecule has 7 heteroatoms. The van der Waals surface area contributed by atoms with Gasteiger partial charge in [0.05, 0.1) is 5.56 Å². The van der Waals surface area contributed by atoms with Crippen LogP contribution in [-0.4, -0.2) is 30.1 Å². The van der Waals surface area contributed by atoms with Crippen molar-refractivity contribution in [2.75, 3.05) is 16.9 Å². The fraction of sp³-hybridized carbons (Fsp3) is 0.211. The van der Waals surface area contributed by atoms with Gasteiger partial charge in [-0.2, -0.15) is 0 Å². The number of hydrogen-bond acceptors (Lipinski definition) is 5. The molecule has 0 radical (unpaired) electrons. The van der Waals surface area contributed by atoms with Crippen molar-refractivity contribution in [3.63, 3.8) is 0 Å². The van der Waals surface area contributed by atoms with Crippen LogP contribution in [0.2, 0.25) is 0 Å². The lowest BCUT2D eigenvalue weighted by Crippen LogP contribution is -2.30. The van der Waals surface area contributed by atoms with Gasteiger partial charge >= 0.3 is 5.97 Å². The van der Waals surface area contributed by atoms with E-state index in [0.29, 0.717) is 16.9 Å². The molecule has 0 unspecified atom stereocenters. The Labute approximate surface area is 156 Å². The van der Waals surface area contributed by atoms with Crippen molar-refractivity contribution in [3.8, 4) is 0 Å². The topological polar surface area (TPSA) is 84.5 Å². The number of hydrogen-bond donors (Lipinski definition) is 2. The summed E-state index contributed by atoms with van der Waals surface area (Å²) in [5, 5.41) is 5.30. The van der Waals surface area contributed by atoms with Gasteiger partial charge in [-0.15, -0.1) is 11.8 Å². The Kier molecular flexibility index (Phi) is 6.80. The van der Waals surface area contributed by atoms with E-state index < -0.39 is 18.0 Å². The van der Waals surface area contributed by atoms with Crippen LogP contribution in [0.25, 0.3) is 0 Å². The molecule has 2 rings (SSSR count). The van der Waals surface area contributed by atoms with Crippen LogP contribution in [0.4, 0.5) is 11.4 Å². The van der Waals surface area contributed by atoms with Gasteiger partial charge in [-0.05, 0) is 61.7 Å². The van der Waals surface area contributed by atoms with Gasteiger partial charge in [0, 0.05) is 23.2 Å². The Morgan fingerprint density at radius 2 is 1.46 bits per heavy atom. The zero-order chi connectivity index (χ0) is 19.1. The average molecular weight is 372 g/mol. The molecule has 2 aromatic rings. The van der Waals surface area contributed by atoms with Gasteiger partial charge in [0.25, 0.3) is 5.91 Å². The number of nitrogens with one attached hydrogen (secondary N) is 2. The summed E-state index contributed by atoms with van der Waals surface area (Å²) in [6.45, 7) is 2.93. The summed E-state index contributed by atoms with van der Waals surface area (Å²) < 4.78 is 5.21. The summed E-state index contributed by atoms with van der Waals surface area (Å²) in [6.07, 6.45) is 1.00. The number of carbonyl (C=O) groups is 3. The highest BCUT2D eigenvalue weighted by atomic mass is 32.2. The van der Waals surface area contributed by atoms with Gasteiger partial charge < -0.3 is 15.4 Å². The van der Waals surface area contributed by atoms with Crippen LogP contribution in [0.15, 0.2) is 53.4 Å². The number of ether oxygens (including phenoxy) is 1. The Hall–Kier alpha value is -2.80. The minimum atomic E-state index is -0.947. The van der Waals surface area contributed by atoms with E-state index in [1.165, 1.54) is 13.8 Å². The van der Waals surface area contributed by atoms with Crippen LogP contribution in [-0.2, 0) is 14.3 Å². The monoisotopic (exact) mass is 372 g/mol. The van der Waals surface area contributed by atoms with Gasteiger partial charge in [-0.1, -0.05) is 0 Å². The molecule has 136 valence electrons. The highest BCUT2D eigenvalue weighted by molar-refractivity contribution is 7.98. The van der Waals surface area contributed by atoms with Crippen molar-refractivity contribution in [1.29, 1.82) is 0 Å². The van der Waals surface area contributed by atoms with E-state index in [0.717, 1.165) is 4.90 Å². The lowest BCUT2D eigenvalue weighted by atomic mass is 10.2. The maximum absolute atomic E-state index is 12.2. The summed E-state index contributed by atoms with van der Waals surface area (Å²) >= 11 is 1.57. The molecule has 0 aromatic heterocycles. The molecular weight excluding hydrogens is 352 g/mol. The smallest absolute Gasteiger partial charge is 0.338 e. The zero-order valence-electron chi connectivity index (χ0n) is 14.7. The lowest BCUT2D eigenvalue weighted by Gasteiger charge is -2.14. The summed E-state index contributed by atoms with van der Waals surface area (Å²) in [4.78, 5) is 36.3. The van der Waals surface area contributed by atoms with Crippen molar-refractivity contribution in [1.82, 2.24) is 0 Å². The normalized spacial score (nSPS) is 11.3. The largest absolute Gasteiger partial charge is 0.449 e. The Bertz CT molecular complexity index is 788. The summed E-state index contributed by atoms with van der Waals surface area (Å²) in [6, 6.07) is 13.6. The van der Waals surface area contributed by atoms with Gasteiger partial charge in [-0.3, -0.25) is 9.59 Å². The molecule has 0 fully saturated rings. The standard InChI is InChI=1S/C19H20N2O4S/c1-12(25-19(24)14-4-10-17(26-3)11-5-14)18(23)21-16-8-6-15(7-9-16)20-13(2)22/h4-12H,1-3H3,(H,20,22)(H,21,23)/t12-/m1/s1. The number of esters is 1. The van der Waals surface area contributed by atoms with Crippen molar-refractivity contribution in [2.24, 2.45) is 0 Å². The molecule has 1 atom stereocenters. The van der Waals surface area contributed by atoms with Gasteiger partial charge in [-0.25, -0.2) is 4.79 Å². The molecule has 2 amide bonds. The van der Waals surface area contributed by atoms with E-state index in [1.807, 2.05) is 18.4 Å². The Morgan fingerprint density at radius 1 is 0.923 bits per heavy atom. The number of carbonyl (C=O) groups excluding carboxylic acids is 3. The van der Waals surface area contributed by atoms with E-state index >= 15 is 0 Å². The summed E-state index contributed by atoms with van der Waals surface area (Å²) in [5.74, 6) is -1.17. The predicted molar refractivity (Wildman–Crippen MR) is 102 cm³/mol. The lowest BCUT2D eigenvalue weighted by molar-refractivity contribution is -0.123. The predicted octanol–water partition coefficient (Wildman–Crippen LogP) is 3.55. The molecule has 0 saturated carbocycles. The number of benzene rings is 2. The first-order valence-corrected chi connectivity index (χ1v) is 9.15. The second-order valence-electron chi connectivity index (χ2n) is 5.52. The van der Waals surface area contributed by atoms with E-state index in [2.05, 4.69) is 10.6 Å². The fourth-order valence-electron chi connectivity index (χ4n) is 2.09. The van der Waals surface area contributed by atoms with Gasteiger partial charge in [0.1, 0.15) is 0 Å². The fourth-order valence-corrected chi connectivity index (χ4v) is 2.50. The van der Waals surface area contributed by atoms with Crippen LogP contribution >= 0.6 is 11.8 Å². The minimum Gasteiger partial charge on any atom is -0.449 e. The number of amides is 2. The number of thioether (sulfide) groups is 1.